The van der Waals surface area contributed by atoms with Crippen LogP contribution >= 0.6 is 12.2 Å². The highest BCUT2D eigenvalue weighted by Crippen LogP contribution is 2.36. The summed E-state index contributed by atoms with van der Waals surface area (Å²) in [5, 5.41) is 17.0. The number of methoxy groups -OCH3 is 2. The number of anilines is 1. The molecule has 2 aromatic carbocycles. The van der Waals surface area contributed by atoms with Crippen molar-refractivity contribution in [1.82, 2.24) is 9.73 Å². The van der Waals surface area contributed by atoms with Crippen molar-refractivity contribution in [3.63, 3.8) is 0 Å². The third kappa shape index (κ3) is 5.56. The van der Waals surface area contributed by atoms with E-state index in [0.29, 0.717) is 11.3 Å². The molecule has 0 radical (unpaired) electrons. The normalized spacial score (nSPS) is 11.5. The molecule has 3 N–H and O–H groups in total. The van der Waals surface area contributed by atoms with Gasteiger partial charge in [-0.1, -0.05) is 6.07 Å². The highest BCUT2D eigenvalue weighted by Gasteiger charge is 2.17. The summed E-state index contributed by atoms with van der Waals surface area (Å²) in [7, 11) is 2.23. The molecule has 11 heteroatoms. The maximum Gasteiger partial charge on any atom is 0.242 e. The predicted molar refractivity (Wildman–Crippen MR) is 115 cm³/mol. The summed E-state index contributed by atoms with van der Waals surface area (Å²) < 4.78 is 35.7. The molecule has 2 rings (SSSR count). The number of hydrogen-bond acceptors (Lipinski definition) is 7. The minimum Gasteiger partial charge on any atom is -0.502 e. The number of benzene rings is 2. The molecule has 9 nitrogen and oxygen atoms in total. The molecule has 0 spiro atoms. The fourth-order valence-electron chi connectivity index (χ4n) is 2.26. The summed E-state index contributed by atoms with van der Waals surface area (Å²) in [6.45, 7) is 0. The van der Waals surface area contributed by atoms with Gasteiger partial charge in [-0.2, -0.15) is 5.10 Å². The van der Waals surface area contributed by atoms with Crippen molar-refractivity contribution in [1.29, 1.82) is 0 Å². The fraction of sp³-hybridized carbons (Fsp3) is 0.222. The Morgan fingerprint density at radius 2 is 1.79 bits per heavy atom. The number of rotatable bonds is 7. The van der Waals surface area contributed by atoms with Crippen molar-refractivity contribution < 1.29 is 23.0 Å². The molecule has 156 valence electrons. The average Bonchev–Trinajstić information content (AvgIpc) is 2.69. The first-order chi connectivity index (χ1) is 13.7. The lowest BCUT2D eigenvalue weighted by Crippen LogP contribution is -2.25. The van der Waals surface area contributed by atoms with E-state index in [-0.39, 0.29) is 27.3 Å². The molecule has 0 amide bonds. The van der Waals surface area contributed by atoms with Gasteiger partial charge in [0, 0.05) is 25.3 Å². The molecular formula is C18H22N4O5S2. The number of ether oxygens (including phenoxy) is 2. The number of thiocarbonyl (C=S) groups is 1. The van der Waals surface area contributed by atoms with Crippen molar-refractivity contribution in [2.24, 2.45) is 5.10 Å². The number of hydrogen-bond donors (Lipinski definition) is 3. The van der Waals surface area contributed by atoms with Gasteiger partial charge in [0.25, 0.3) is 0 Å². The zero-order chi connectivity index (χ0) is 21.6. The molecule has 0 aliphatic rings. The van der Waals surface area contributed by atoms with Crippen molar-refractivity contribution in [2.45, 2.75) is 4.90 Å². The predicted octanol–water partition coefficient (Wildman–Crippen LogP) is 1.98. The van der Waals surface area contributed by atoms with Gasteiger partial charge < -0.3 is 19.9 Å². The maximum atomic E-state index is 12.2. The van der Waals surface area contributed by atoms with Crippen molar-refractivity contribution >= 4 is 39.3 Å². The van der Waals surface area contributed by atoms with E-state index < -0.39 is 10.0 Å². The number of sulfonamides is 1. The third-order valence-electron chi connectivity index (χ3n) is 3.75. The number of aromatic hydroxyl groups is 1. The Kier molecular flexibility index (Phi) is 7.37. The van der Waals surface area contributed by atoms with E-state index in [1.165, 1.54) is 46.7 Å². The van der Waals surface area contributed by atoms with E-state index in [1.807, 2.05) is 0 Å². The second kappa shape index (κ2) is 9.54. The number of hydrazone groups is 1. The van der Waals surface area contributed by atoms with E-state index in [4.69, 9.17) is 21.7 Å². The molecule has 2 aromatic rings. The average molecular weight is 439 g/mol. The Labute approximate surface area is 175 Å². The summed E-state index contributed by atoms with van der Waals surface area (Å²) in [5.41, 5.74) is 3.73. The standard InChI is InChI=1S/C18H22N4O5S2/c1-22(2)29(24,25)14-7-5-6-13(10-14)20-18(28)21-19-11-12-8-15(26-3)17(23)16(9-12)27-4/h5-11,23H,1-4H3,(H2,20,21,28). The van der Waals surface area contributed by atoms with Crippen LogP contribution in [0.15, 0.2) is 46.4 Å². The smallest absolute Gasteiger partial charge is 0.242 e. The topological polar surface area (TPSA) is 112 Å². The maximum absolute atomic E-state index is 12.2. The van der Waals surface area contributed by atoms with Crippen LogP contribution in [0.2, 0.25) is 0 Å². The Hall–Kier alpha value is -2.89. The Bertz CT molecular complexity index is 998. The van der Waals surface area contributed by atoms with Gasteiger partial charge in [0.15, 0.2) is 16.6 Å². The lowest BCUT2D eigenvalue weighted by molar-refractivity contribution is 0.340. The number of phenolic OH excluding ortho intramolecular Hbond substituents is 1. The molecule has 0 unspecified atom stereocenters. The van der Waals surface area contributed by atoms with E-state index in [9.17, 15) is 13.5 Å². The van der Waals surface area contributed by atoms with Crippen molar-refractivity contribution in [3.05, 3.63) is 42.0 Å². The van der Waals surface area contributed by atoms with Gasteiger partial charge in [-0.25, -0.2) is 12.7 Å². The second-order valence-corrected chi connectivity index (χ2v) is 8.47. The SMILES string of the molecule is COc1cc(C=NNC(=S)Nc2cccc(S(=O)(=O)N(C)C)c2)cc(OC)c1O. The molecule has 0 fully saturated rings. The first-order valence-electron chi connectivity index (χ1n) is 8.26. The van der Waals surface area contributed by atoms with Gasteiger partial charge in [0.05, 0.1) is 25.3 Å². The summed E-state index contributed by atoms with van der Waals surface area (Å²) in [6.07, 6.45) is 1.46. The molecule has 0 saturated carbocycles. The van der Waals surface area contributed by atoms with Gasteiger partial charge in [-0.15, -0.1) is 0 Å². The van der Waals surface area contributed by atoms with Gasteiger partial charge in [0.1, 0.15) is 0 Å². The first-order valence-corrected chi connectivity index (χ1v) is 10.1. The fourth-order valence-corrected chi connectivity index (χ4v) is 3.38. The lowest BCUT2D eigenvalue weighted by Gasteiger charge is -2.13. The third-order valence-corrected chi connectivity index (χ3v) is 5.76. The van der Waals surface area contributed by atoms with E-state index in [1.54, 1.807) is 24.3 Å². The van der Waals surface area contributed by atoms with Crippen molar-refractivity contribution in [3.8, 4) is 17.2 Å². The zero-order valence-corrected chi connectivity index (χ0v) is 18.0. The molecule has 0 aromatic heterocycles. The van der Waals surface area contributed by atoms with Crippen LogP contribution in [-0.2, 0) is 10.0 Å². The molecule has 0 heterocycles. The Morgan fingerprint density at radius 1 is 1.17 bits per heavy atom. The molecule has 0 aliphatic heterocycles. The zero-order valence-electron chi connectivity index (χ0n) is 16.3. The van der Waals surface area contributed by atoms with Crippen LogP contribution in [0.4, 0.5) is 5.69 Å². The first kappa shape index (κ1) is 22.4. The largest absolute Gasteiger partial charge is 0.502 e. The number of nitrogens with one attached hydrogen (secondary N) is 2. The van der Waals surface area contributed by atoms with Crippen LogP contribution in [0.1, 0.15) is 5.56 Å². The van der Waals surface area contributed by atoms with Gasteiger partial charge >= 0.3 is 0 Å². The van der Waals surface area contributed by atoms with E-state index >= 15 is 0 Å². The van der Waals surface area contributed by atoms with Crippen molar-refractivity contribution in [2.75, 3.05) is 33.6 Å². The minimum atomic E-state index is -3.55. The highest BCUT2D eigenvalue weighted by molar-refractivity contribution is 7.89. The molecule has 0 atom stereocenters. The summed E-state index contributed by atoms with van der Waals surface area (Å²) in [6, 6.07) is 9.43. The summed E-state index contributed by atoms with van der Waals surface area (Å²) in [5.74, 6) is 0.376. The van der Waals surface area contributed by atoms with Gasteiger partial charge in [-0.05, 0) is 42.5 Å². The molecular weight excluding hydrogens is 416 g/mol. The van der Waals surface area contributed by atoms with Crippen LogP contribution in [-0.4, -0.2) is 57.5 Å². The van der Waals surface area contributed by atoms with E-state index in [2.05, 4.69) is 15.8 Å². The molecule has 0 saturated heterocycles. The van der Waals surface area contributed by atoms with Gasteiger partial charge in [-0.3, -0.25) is 5.43 Å². The highest BCUT2D eigenvalue weighted by atomic mass is 32.2. The monoisotopic (exact) mass is 438 g/mol. The number of phenols is 1. The molecule has 0 aliphatic carbocycles. The van der Waals surface area contributed by atoms with Crippen LogP contribution in [0.25, 0.3) is 0 Å². The van der Waals surface area contributed by atoms with Crippen LogP contribution < -0.4 is 20.2 Å². The second-order valence-electron chi connectivity index (χ2n) is 5.91. The Balaban J connectivity index is 2.08. The van der Waals surface area contributed by atoms with Crippen LogP contribution in [0.5, 0.6) is 17.2 Å². The summed E-state index contributed by atoms with van der Waals surface area (Å²) >= 11 is 5.17. The summed E-state index contributed by atoms with van der Waals surface area (Å²) in [4.78, 5) is 0.141. The van der Waals surface area contributed by atoms with E-state index in [0.717, 1.165) is 4.31 Å². The minimum absolute atomic E-state index is 0.107. The number of nitrogens with zero attached hydrogens (tertiary/aromatic N) is 2. The molecule has 0 bridgehead atoms. The van der Waals surface area contributed by atoms with Crippen LogP contribution in [0, 0.1) is 0 Å². The lowest BCUT2D eigenvalue weighted by atomic mass is 10.2. The van der Waals surface area contributed by atoms with Gasteiger partial charge in [0.2, 0.25) is 15.8 Å². The van der Waals surface area contributed by atoms with Crippen LogP contribution in [0.3, 0.4) is 0 Å². The quantitative estimate of drug-likeness (QED) is 0.342. The molecule has 29 heavy (non-hydrogen) atoms. The Morgan fingerprint density at radius 3 is 2.34 bits per heavy atom.